The molecule has 1 unspecified atom stereocenters. The number of benzene rings is 1. The summed E-state index contributed by atoms with van der Waals surface area (Å²) >= 11 is 0. The van der Waals surface area contributed by atoms with Crippen molar-refractivity contribution < 1.29 is 9.53 Å². The zero-order valence-corrected chi connectivity index (χ0v) is 17.3. The summed E-state index contributed by atoms with van der Waals surface area (Å²) in [4.78, 5) is 11.6. The van der Waals surface area contributed by atoms with Gasteiger partial charge < -0.3 is 10.1 Å². The summed E-state index contributed by atoms with van der Waals surface area (Å²) in [7, 11) is 0. The molecule has 27 heavy (non-hydrogen) atoms. The lowest BCUT2D eigenvalue weighted by atomic mass is 9.97. The molecular formula is C24H37NO2. The summed E-state index contributed by atoms with van der Waals surface area (Å²) in [5, 5.41) is 3.02. The molecule has 1 aliphatic rings. The average Bonchev–Trinajstić information content (AvgIpc) is 3.06. The molecule has 1 aromatic rings. The quantitative estimate of drug-likeness (QED) is 0.393. The second-order valence-corrected chi connectivity index (χ2v) is 7.61. The van der Waals surface area contributed by atoms with Gasteiger partial charge in [0.1, 0.15) is 5.75 Å². The molecule has 0 bridgehead atoms. The van der Waals surface area contributed by atoms with Crippen LogP contribution in [0.4, 0.5) is 0 Å². The number of fused-ring (bicyclic) bond motifs is 1. The predicted octanol–water partition coefficient (Wildman–Crippen LogP) is 6.23. The van der Waals surface area contributed by atoms with Gasteiger partial charge in [-0.05, 0) is 42.5 Å². The van der Waals surface area contributed by atoms with Crippen LogP contribution in [0.3, 0.4) is 0 Å². The van der Waals surface area contributed by atoms with Crippen molar-refractivity contribution in [1.29, 1.82) is 0 Å². The highest BCUT2D eigenvalue weighted by molar-refractivity contribution is 5.75. The van der Waals surface area contributed by atoms with Crippen molar-refractivity contribution in [2.45, 2.75) is 84.0 Å². The third-order valence-corrected chi connectivity index (χ3v) is 5.24. The van der Waals surface area contributed by atoms with Gasteiger partial charge in [-0.2, -0.15) is 0 Å². The van der Waals surface area contributed by atoms with E-state index in [1.165, 1.54) is 49.7 Å². The molecule has 3 heteroatoms. The molecule has 1 aliphatic carbocycles. The van der Waals surface area contributed by atoms with Gasteiger partial charge in [0.25, 0.3) is 0 Å². The largest absolute Gasteiger partial charge is 0.494 e. The van der Waals surface area contributed by atoms with Crippen molar-refractivity contribution in [3.05, 3.63) is 35.4 Å². The van der Waals surface area contributed by atoms with Crippen LogP contribution < -0.4 is 10.1 Å². The van der Waals surface area contributed by atoms with E-state index >= 15 is 0 Å². The summed E-state index contributed by atoms with van der Waals surface area (Å²) in [6.45, 7) is 5.82. The topological polar surface area (TPSA) is 38.3 Å². The van der Waals surface area contributed by atoms with Crippen LogP contribution in [0.2, 0.25) is 0 Å². The van der Waals surface area contributed by atoms with E-state index in [0.29, 0.717) is 12.3 Å². The molecule has 1 N–H and O–H groups in total. The average molecular weight is 372 g/mol. The summed E-state index contributed by atoms with van der Waals surface area (Å²) in [6.07, 6.45) is 16.0. The maximum Gasteiger partial charge on any atom is 0.219 e. The number of carbonyl (C=O) groups is 1. The third-order valence-electron chi connectivity index (χ3n) is 5.24. The number of nitrogens with one attached hydrogen (secondary N) is 1. The SMILES string of the molecule is CCCCCCCCCOc1ccc2c(c1)C(CCNC(=O)CCC)C=C2. The first-order valence-corrected chi connectivity index (χ1v) is 11.0. The van der Waals surface area contributed by atoms with Crippen molar-refractivity contribution in [2.75, 3.05) is 13.2 Å². The molecule has 1 amide bonds. The molecule has 0 aliphatic heterocycles. The van der Waals surface area contributed by atoms with Gasteiger partial charge in [-0.3, -0.25) is 4.79 Å². The van der Waals surface area contributed by atoms with Crippen molar-refractivity contribution in [1.82, 2.24) is 5.32 Å². The molecular weight excluding hydrogens is 334 g/mol. The highest BCUT2D eigenvalue weighted by Crippen LogP contribution is 2.34. The van der Waals surface area contributed by atoms with Crippen molar-refractivity contribution in [3.63, 3.8) is 0 Å². The predicted molar refractivity (Wildman–Crippen MR) is 114 cm³/mol. The molecule has 1 atom stereocenters. The van der Waals surface area contributed by atoms with E-state index < -0.39 is 0 Å². The van der Waals surface area contributed by atoms with E-state index in [2.05, 4.69) is 42.6 Å². The lowest BCUT2D eigenvalue weighted by Gasteiger charge is -2.14. The van der Waals surface area contributed by atoms with Crippen LogP contribution in [-0.2, 0) is 4.79 Å². The van der Waals surface area contributed by atoms with Crippen molar-refractivity contribution in [3.8, 4) is 5.75 Å². The van der Waals surface area contributed by atoms with Gasteiger partial charge in [-0.25, -0.2) is 0 Å². The van der Waals surface area contributed by atoms with Crippen LogP contribution in [0.15, 0.2) is 24.3 Å². The lowest BCUT2D eigenvalue weighted by molar-refractivity contribution is -0.121. The zero-order chi connectivity index (χ0) is 19.3. The van der Waals surface area contributed by atoms with Gasteiger partial charge in [0.05, 0.1) is 6.61 Å². The normalized spacial score (nSPS) is 15.0. The van der Waals surface area contributed by atoms with E-state index in [0.717, 1.165) is 38.2 Å². The molecule has 1 aromatic carbocycles. The molecule has 0 radical (unpaired) electrons. The monoisotopic (exact) mass is 371 g/mol. The Morgan fingerprint density at radius 2 is 1.81 bits per heavy atom. The van der Waals surface area contributed by atoms with E-state index in [1.54, 1.807) is 0 Å². The number of ether oxygens (including phenoxy) is 1. The van der Waals surface area contributed by atoms with Gasteiger partial charge in [0.2, 0.25) is 5.91 Å². The van der Waals surface area contributed by atoms with Gasteiger partial charge in [-0.15, -0.1) is 0 Å². The first kappa shape index (κ1) is 21.5. The first-order valence-electron chi connectivity index (χ1n) is 11.0. The van der Waals surface area contributed by atoms with E-state index in [4.69, 9.17) is 4.74 Å². The fourth-order valence-corrected chi connectivity index (χ4v) is 3.62. The lowest BCUT2D eigenvalue weighted by Crippen LogP contribution is -2.24. The fourth-order valence-electron chi connectivity index (χ4n) is 3.62. The summed E-state index contributed by atoms with van der Waals surface area (Å²) < 4.78 is 5.98. The van der Waals surface area contributed by atoms with E-state index in [-0.39, 0.29) is 5.91 Å². The zero-order valence-electron chi connectivity index (χ0n) is 17.3. The van der Waals surface area contributed by atoms with Gasteiger partial charge in [0.15, 0.2) is 0 Å². The second kappa shape index (κ2) is 12.6. The molecule has 0 saturated carbocycles. The van der Waals surface area contributed by atoms with Crippen molar-refractivity contribution >= 4 is 12.0 Å². The van der Waals surface area contributed by atoms with E-state index in [1.807, 2.05) is 6.92 Å². The highest BCUT2D eigenvalue weighted by atomic mass is 16.5. The van der Waals surface area contributed by atoms with Crippen LogP contribution in [0.1, 0.15) is 95.1 Å². The molecule has 0 saturated heterocycles. The van der Waals surface area contributed by atoms with Crippen LogP contribution >= 0.6 is 0 Å². The number of hydrogen-bond donors (Lipinski definition) is 1. The summed E-state index contributed by atoms with van der Waals surface area (Å²) in [5.74, 6) is 1.51. The number of unbranched alkanes of at least 4 members (excludes halogenated alkanes) is 6. The third kappa shape index (κ3) is 7.78. The van der Waals surface area contributed by atoms with Gasteiger partial charge >= 0.3 is 0 Å². The van der Waals surface area contributed by atoms with Gasteiger partial charge in [0, 0.05) is 18.9 Å². The molecule has 2 rings (SSSR count). The maximum atomic E-state index is 11.6. The Kier molecular flexibility index (Phi) is 10.0. The van der Waals surface area contributed by atoms with Crippen LogP contribution in [0.25, 0.3) is 6.08 Å². The molecule has 3 nitrogen and oxygen atoms in total. The Balaban J connectivity index is 1.70. The minimum absolute atomic E-state index is 0.159. The number of rotatable bonds is 14. The van der Waals surface area contributed by atoms with Crippen LogP contribution in [0.5, 0.6) is 5.75 Å². The Hall–Kier alpha value is -1.77. The maximum absolute atomic E-state index is 11.6. The van der Waals surface area contributed by atoms with Crippen molar-refractivity contribution in [2.24, 2.45) is 0 Å². The Bertz CT molecular complexity index is 594. The second-order valence-electron chi connectivity index (χ2n) is 7.61. The van der Waals surface area contributed by atoms with Crippen LogP contribution in [-0.4, -0.2) is 19.1 Å². The number of hydrogen-bond acceptors (Lipinski definition) is 2. The molecule has 0 aromatic heterocycles. The Morgan fingerprint density at radius 3 is 2.59 bits per heavy atom. The van der Waals surface area contributed by atoms with Crippen LogP contribution in [0, 0.1) is 0 Å². The Labute approximate surface area is 165 Å². The standard InChI is InChI=1S/C24H37NO2/c1-3-5-6-7-8-9-10-18-27-22-15-14-20-12-13-21(23(20)19-22)16-17-25-24(26)11-4-2/h12-15,19,21H,3-11,16-18H2,1-2H3,(H,25,26). The van der Waals surface area contributed by atoms with E-state index in [9.17, 15) is 4.79 Å². The minimum atomic E-state index is 0.159. The molecule has 0 heterocycles. The molecule has 0 spiro atoms. The summed E-state index contributed by atoms with van der Waals surface area (Å²) in [6, 6.07) is 6.42. The minimum Gasteiger partial charge on any atom is -0.494 e. The number of carbonyl (C=O) groups excluding carboxylic acids is 1. The number of amides is 1. The molecule has 0 fully saturated rings. The summed E-state index contributed by atoms with van der Waals surface area (Å²) in [5.41, 5.74) is 2.61. The smallest absolute Gasteiger partial charge is 0.219 e. The first-order chi connectivity index (χ1) is 13.2. The van der Waals surface area contributed by atoms with Gasteiger partial charge in [-0.1, -0.05) is 70.6 Å². The highest BCUT2D eigenvalue weighted by Gasteiger charge is 2.18. The number of allylic oxidation sites excluding steroid dienone is 1. The fraction of sp³-hybridized carbons (Fsp3) is 0.625. The molecule has 150 valence electrons. The Morgan fingerprint density at radius 1 is 1.04 bits per heavy atom.